The fourth-order valence-corrected chi connectivity index (χ4v) is 3.06. The van der Waals surface area contributed by atoms with Crippen LogP contribution in [-0.2, 0) is 4.74 Å². The molecule has 0 atom stereocenters. The van der Waals surface area contributed by atoms with Crippen LogP contribution in [0.5, 0.6) is 5.75 Å². The van der Waals surface area contributed by atoms with Crippen LogP contribution in [0, 0.1) is 0 Å². The van der Waals surface area contributed by atoms with Crippen LogP contribution < -0.4 is 9.64 Å². The van der Waals surface area contributed by atoms with Gasteiger partial charge >= 0.3 is 0 Å². The average molecular weight is 356 g/mol. The molecule has 0 unspecified atom stereocenters. The summed E-state index contributed by atoms with van der Waals surface area (Å²) >= 11 is 0. The lowest BCUT2D eigenvalue weighted by molar-refractivity contribution is 0.0387. The monoisotopic (exact) mass is 356 g/mol. The quantitative estimate of drug-likeness (QED) is 0.640. The molecule has 0 spiro atoms. The zero-order valence-corrected chi connectivity index (χ0v) is 15.8. The summed E-state index contributed by atoms with van der Waals surface area (Å²) in [4.78, 5) is 6.80. The van der Waals surface area contributed by atoms with Crippen LogP contribution >= 0.6 is 0 Å². The van der Waals surface area contributed by atoms with Gasteiger partial charge < -0.3 is 18.8 Å². The predicted molar refractivity (Wildman–Crippen MR) is 105 cm³/mol. The van der Waals surface area contributed by atoms with Gasteiger partial charge in [-0.2, -0.15) is 4.98 Å². The topological polar surface area (TPSA) is 47.7 Å². The van der Waals surface area contributed by atoms with Gasteiger partial charge in [0, 0.05) is 19.2 Å². The molecule has 0 bridgehead atoms. The van der Waals surface area contributed by atoms with Crippen molar-refractivity contribution in [1.82, 2.24) is 4.98 Å². The molecule has 0 radical (unpaired) electrons. The highest BCUT2D eigenvalue weighted by molar-refractivity contribution is 5.76. The molecule has 0 N–H and O–H groups in total. The largest absolute Gasteiger partial charge is 0.494 e. The van der Waals surface area contributed by atoms with Gasteiger partial charge in [0.25, 0.3) is 6.01 Å². The Morgan fingerprint density at radius 2 is 2.08 bits per heavy atom. The Hall–Kier alpha value is -2.27. The number of hydrogen-bond acceptors (Lipinski definition) is 5. The van der Waals surface area contributed by atoms with Crippen LogP contribution in [0.4, 0.5) is 6.01 Å². The van der Waals surface area contributed by atoms with E-state index in [1.54, 1.807) is 0 Å². The number of nitrogens with zero attached hydrogens (tertiary/aromatic N) is 2. The third-order valence-electron chi connectivity index (χ3n) is 4.73. The maximum Gasteiger partial charge on any atom is 0.298 e. The zero-order valence-electron chi connectivity index (χ0n) is 15.8. The standard InChI is InChI=1S/C21H28N2O3/c1-5-24-18-6-7-19-20(14-18)26-21(22-19)23-11-8-17(9-12-23)25-13-10-16(4)15(2)3/h6-7,14,17H,2,4-5,8-13H2,1,3H3. The van der Waals surface area contributed by atoms with Crippen molar-refractivity contribution in [3.05, 3.63) is 42.5 Å². The fourth-order valence-electron chi connectivity index (χ4n) is 3.06. The van der Waals surface area contributed by atoms with Crippen molar-refractivity contribution in [3.63, 3.8) is 0 Å². The smallest absolute Gasteiger partial charge is 0.298 e. The Morgan fingerprint density at radius 3 is 2.77 bits per heavy atom. The number of fused-ring (bicyclic) bond motifs is 1. The van der Waals surface area contributed by atoms with Crippen molar-refractivity contribution >= 4 is 17.1 Å². The predicted octanol–water partition coefficient (Wildman–Crippen LogP) is 4.73. The van der Waals surface area contributed by atoms with E-state index in [0.29, 0.717) is 19.2 Å². The van der Waals surface area contributed by atoms with E-state index >= 15 is 0 Å². The van der Waals surface area contributed by atoms with Gasteiger partial charge in [0.15, 0.2) is 5.58 Å². The summed E-state index contributed by atoms with van der Waals surface area (Å²) in [7, 11) is 0. The minimum Gasteiger partial charge on any atom is -0.494 e. The van der Waals surface area contributed by atoms with Crippen LogP contribution in [0.25, 0.3) is 11.1 Å². The highest BCUT2D eigenvalue weighted by atomic mass is 16.5. The van der Waals surface area contributed by atoms with Crippen LogP contribution in [0.1, 0.15) is 33.1 Å². The Bertz CT molecular complexity index is 773. The lowest BCUT2D eigenvalue weighted by Crippen LogP contribution is -2.37. The van der Waals surface area contributed by atoms with Crippen molar-refractivity contribution in [1.29, 1.82) is 0 Å². The number of allylic oxidation sites excluding steroid dienone is 1. The Labute approximate surface area is 155 Å². The minimum atomic E-state index is 0.290. The molecule has 1 fully saturated rings. The molecule has 2 heterocycles. The summed E-state index contributed by atoms with van der Waals surface area (Å²) in [6.45, 7) is 15.0. The fraction of sp³-hybridized carbons (Fsp3) is 0.476. The molecule has 1 saturated heterocycles. The van der Waals surface area contributed by atoms with Crippen molar-refractivity contribution in [3.8, 4) is 5.75 Å². The highest BCUT2D eigenvalue weighted by Crippen LogP contribution is 2.28. The summed E-state index contributed by atoms with van der Waals surface area (Å²) in [5.41, 5.74) is 3.73. The lowest BCUT2D eigenvalue weighted by Gasteiger charge is -2.30. The second-order valence-corrected chi connectivity index (χ2v) is 6.75. The molecule has 5 heteroatoms. The summed E-state index contributed by atoms with van der Waals surface area (Å²) < 4.78 is 17.5. The molecule has 26 heavy (non-hydrogen) atoms. The molecule has 0 amide bonds. The van der Waals surface area contributed by atoms with Crippen molar-refractivity contribution in [2.75, 3.05) is 31.2 Å². The van der Waals surface area contributed by atoms with Crippen LogP contribution in [0.2, 0.25) is 0 Å². The van der Waals surface area contributed by atoms with E-state index in [1.807, 2.05) is 32.0 Å². The van der Waals surface area contributed by atoms with Crippen LogP contribution in [0.15, 0.2) is 46.9 Å². The first-order valence-electron chi connectivity index (χ1n) is 9.30. The van der Waals surface area contributed by atoms with E-state index in [9.17, 15) is 0 Å². The molecule has 140 valence electrons. The Kier molecular flexibility index (Phi) is 5.99. The number of benzene rings is 1. The second-order valence-electron chi connectivity index (χ2n) is 6.75. The summed E-state index contributed by atoms with van der Waals surface area (Å²) in [5.74, 6) is 0.811. The number of rotatable bonds is 8. The molecular formula is C21H28N2O3. The number of aromatic nitrogens is 1. The van der Waals surface area contributed by atoms with E-state index < -0.39 is 0 Å². The molecule has 0 aliphatic carbocycles. The van der Waals surface area contributed by atoms with Crippen LogP contribution in [-0.4, -0.2) is 37.4 Å². The third kappa shape index (κ3) is 4.47. The molecular weight excluding hydrogens is 328 g/mol. The first kappa shape index (κ1) is 18.5. The number of hydrogen-bond donors (Lipinski definition) is 0. The lowest BCUT2D eigenvalue weighted by atomic mass is 10.1. The molecule has 3 rings (SSSR count). The van der Waals surface area contributed by atoms with Gasteiger partial charge in [0.2, 0.25) is 0 Å². The zero-order chi connectivity index (χ0) is 18.5. The maximum absolute atomic E-state index is 5.99. The van der Waals surface area contributed by atoms with E-state index in [4.69, 9.17) is 13.9 Å². The van der Waals surface area contributed by atoms with Gasteiger partial charge in [-0.3, -0.25) is 0 Å². The third-order valence-corrected chi connectivity index (χ3v) is 4.73. The minimum absolute atomic E-state index is 0.290. The van der Waals surface area contributed by atoms with Crippen LogP contribution in [0.3, 0.4) is 0 Å². The van der Waals surface area contributed by atoms with Crippen molar-refractivity contribution < 1.29 is 13.9 Å². The molecule has 1 aromatic carbocycles. The maximum atomic E-state index is 5.99. The summed E-state index contributed by atoms with van der Waals surface area (Å²) in [6.07, 6.45) is 3.09. The molecule has 5 nitrogen and oxygen atoms in total. The highest BCUT2D eigenvalue weighted by Gasteiger charge is 2.23. The number of anilines is 1. The van der Waals surface area contributed by atoms with Crippen molar-refractivity contribution in [2.24, 2.45) is 0 Å². The molecule has 1 aliphatic rings. The van der Waals surface area contributed by atoms with Gasteiger partial charge in [-0.25, -0.2) is 0 Å². The van der Waals surface area contributed by atoms with E-state index in [2.05, 4.69) is 23.0 Å². The molecule has 1 aliphatic heterocycles. The summed E-state index contributed by atoms with van der Waals surface area (Å²) in [5, 5.41) is 0. The van der Waals surface area contributed by atoms with Gasteiger partial charge in [0.1, 0.15) is 11.3 Å². The van der Waals surface area contributed by atoms with Gasteiger partial charge in [-0.15, -0.1) is 0 Å². The molecule has 0 saturated carbocycles. The van der Waals surface area contributed by atoms with Gasteiger partial charge in [-0.1, -0.05) is 24.3 Å². The Morgan fingerprint density at radius 1 is 1.31 bits per heavy atom. The SMILES string of the molecule is C=C(C)C(=C)CCOC1CCN(c2nc3ccc(OCC)cc3o2)CC1. The van der Waals surface area contributed by atoms with E-state index in [0.717, 1.165) is 60.3 Å². The van der Waals surface area contributed by atoms with E-state index in [-0.39, 0.29) is 6.10 Å². The first-order chi connectivity index (χ1) is 12.6. The normalized spacial score (nSPS) is 15.4. The molecule has 1 aromatic heterocycles. The van der Waals surface area contributed by atoms with Crippen molar-refractivity contribution in [2.45, 2.75) is 39.2 Å². The van der Waals surface area contributed by atoms with Gasteiger partial charge in [0.05, 0.1) is 19.3 Å². The second kappa shape index (κ2) is 8.41. The number of ether oxygens (including phenoxy) is 2. The summed E-state index contributed by atoms with van der Waals surface area (Å²) in [6, 6.07) is 6.46. The first-order valence-corrected chi connectivity index (χ1v) is 9.30. The number of oxazole rings is 1. The number of piperidine rings is 1. The van der Waals surface area contributed by atoms with E-state index in [1.165, 1.54) is 0 Å². The Balaban J connectivity index is 1.52. The molecule has 2 aromatic rings. The van der Waals surface area contributed by atoms with Gasteiger partial charge in [-0.05, 0) is 45.2 Å². The average Bonchev–Trinajstić information content (AvgIpc) is 3.05.